The van der Waals surface area contributed by atoms with Crippen molar-refractivity contribution in [3.05, 3.63) is 56.6 Å². The molecule has 2 aromatic rings. The molecule has 3 nitrogen and oxygen atoms in total. The Morgan fingerprint density at radius 3 is 2.44 bits per heavy atom. The molecule has 18 heavy (non-hydrogen) atoms. The quantitative estimate of drug-likeness (QED) is 0.937. The second kappa shape index (κ2) is 6.73. The molecule has 0 saturated carbocycles. The average Bonchev–Trinajstić information content (AvgIpc) is 2.73. The normalized spacial score (nSPS) is 12.2. The van der Waals surface area contributed by atoms with Crippen LogP contribution in [0, 0.1) is 0 Å². The number of rotatable bonds is 4. The highest BCUT2D eigenvalue weighted by Gasteiger charge is 2.15. The van der Waals surface area contributed by atoms with Gasteiger partial charge in [-0.15, -0.1) is 12.4 Å². The molecule has 0 aliphatic rings. The summed E-state index contributed by atoms with van der Waals surface area (Å²) >= 11 is 1.22. The van der Waals surface area contributed by atoms with Crippen molar-refractivity contribution in [3.8, 4) is 0 Å². The number of hydrogen-bond donors (Lipinski definition) is 1. The van der Waals surface area contributed by atoms with Crippen LogP contribution >= 0.6 is 23.7 Å². The van der Waals surface area contributed by atoms with Gasteiger partial charge in [0.1, 0.15) is 0 Å². The van der Waals surface area contributed by atoms with Crippen molar-refractivity contribution in [2.24, 2.45) is 0 Å². The smallest absolute Gasteiger partial charge is 0.304 e. The van der Waals surface area contributed by atoms with E-state index in [4.69, 9.17) is 0 Å². The van der Waals surface area contributed by atoms with Crippen molar-refractivity contribution in [2.75, 3.05) is 14.1 Å². The highest BCUT2D eigenvalue weighted by Crippen LogP contribution is 2.21. The fourth-order valence-corrected chi connectivity index (χ4v) is 2.49. The number of H-pyrrole nitrogens is 1. The first-order valence-corrected chi connectivity index (χ1v) is 6.43. The molecule has 1 heterocycles. The fraction of sp³-hybridized carbons (Fsp3) is 0.308. The SMILES string of the molecule is CN(C)C(Cc1csc(=O)[nH]1)c1ccccc1.Cl. The van der Waals surface area contributed by atoms with Gasteiger partial charge in [0.25, 0.3) is 0 Å². The first-order valence-electron chi connectivity index (χ1n) is 5.55. The highest BCUT2D eigenvalue weighted by atomic mass is 35.5. The maximum atomic E-state index is 11.1. The average molecular weight is 285 g/mol. The molecule has 5 heteroatoms. The van der Waals surface area contributed by atoms with Gasteiger partial charge >= 0.3 is 4.87 Å². The summed E-state index contributed by atoms with van der Waals surface area (Å²) in [6, 6.07) is 10.6. The van der Waals surface area contributed by atoms with Gasteiger partial charge in [-0.25, -0.2) is 0 Å². The summed E-state index contributed by atoms with van der Waals surface area (Å²) in [5.41, 5.74) is 2.27. The first kappa shape index (κ1) is 15.0. The van der Waals surface area contributed by atoms with Gasteiger partial charge < -0.3 is 9.88 Å². The molecule has 0 aliphatic heterocycles. The van der Waals surface area contributed by atoms with Crippen LogP contribution in [0.15, 0.2) is 40.5 Å². The predicted octanol–water partition coefficient (Wildman–Crippen LogP) is 2.70. The zero-order chi connectivity index (χ0) is 12.3. The van der Waals surface area contributed by atoms with Gasteiger partial charge in [-0.3, -0.25) is 4.79 Å². The van der Waals surface area contributed by atoms with E-state index in [1.54, 1.807) is 0 Å². The molecule has 1 aromatic carbocycles. The predicted molar refractivity (Wildman–Crippen MR) is 78.8 cm³/mol. The van der Waals surface area contributed by atoms with E-state index in [0.717, 1.165) is 12.1 Å². The molecular weight excluding hydrogens is 268 g/mol. The van der Waals surface area contributed by atoms with E-state index in [1.807, 2.05) is 23.6 Å². The first-order chi connectivity index (χ1) is 8.16. The monoisotopic (exact) mass is 284 g/mol. The van der Waals surface area contributed by atoms with Gasteiger partial charge in [-0.1, -0.05) is 41.7 Å². The summed E-state index contributed by atoms with van der Waals surface area (Å²) in [6.07, 6.45) is 0.829. The molecule has 0 bridgehead atoms. The minimum absolute atomic E-state index is 0. The summed E-state index contributed by atoms with van der Waals surface area (Å²) in [5.74, 6) is 0. The van der Waals surface area contributed by atoms with E-state index in [1.165, 1.54) is 16.9 Å². The number of benzene rings is 1. The molecule has 2 rings (SSSR count). The lowest BCUT2D eigenvalue weighted by molar-refractivity contribution is 0.296. The van der Waals surface area contributed by atoms with E-state index in [9.17, 15) is 4.79 Å². The van der Waals surface area contributed by atoms with Crippen LogP contribution in [-0.4, -0.2) is 24.0 Å². The molecule has 1 aromatic heterocycles. The molecular formula is C13H17ClN2OS. The van der Waals surface area contributed by atoms with Crippen LogP contribution < -0.4 is 4.87 Å². The summed E-state index contributed by atoms with van der Waals surface area (Å²) < 4.78 is 0. The van der Waals surface area contributed by atoms with Crippen molar-refractivity contribution in [2.45, 2.75) is 12.5 Å². The van der Waals surface area contributed by atoms with Gasteiger partial charge in [0.15, 0.2) is 0 Å². The number of nitrogens with one attached hydrogen (secondary N) is 1. The van der Waals surface area contributed by atoms with Crippen LogP contribution in [0.1, 0.15) is 17.3 Å². The zero-order valence-electron chi connectivity index (χ0n) is 10.4. The summed E-state index contributed by atoms with van der Waals surface area (Å²) in [4.78, 5) is 16.2. The Bertz CT molecular complexity index is 521. The largest absolute Gasteiger partial charge is 0.317 e. The van der Waals surface area contributed by atoms with Gasteiger partial charge in [0, 0.05) is 23.5 Å². The van der Waals surface area contributed by atoms with E-state index in [-0.39, 0.29) is 17.3 Å². The molecule has 0 saturated heterocycles. The van der Waals surface area contributed by atoms with Crippen molar-refractivity contribution < 1.29 is 0 Å². The fourth-order valence-electron chi connectivity index (χ4n) is 1.90. The Morgan fingerprint density at radius 1 is 1.28 bits per heavy atom. The van der Waals surface area contributed by atoms with E-state index < -0.39 is 0 Å². The molecule has 0 fully saturated rings. The van der Waals surface area contributed by atoms with Crippen molar-refractivity contribution in [3.63, 3.8) is 0 Å². The molecule has 0 aliphatic carbocycles. The van der Waals surface area contributed by atoms with E-state index in [0.29, 0.717) is 6.04 Å². The van der Waals surface area contributed by atoms with Crippen LogP contribution in [0.2, 0.25) is 0 Å². The number of hydrogen-bond acceptors (Lipinski definition) is 3. The second-order valence-corrected chi connectivity index (χ2v) is 5.11. The lowest BCUT2D eigenvalue weighted by Gasteiger charge is -2.24. The van der Waals surface area contributed by atoms with Crippen molar-refractivity contribution >= 4 is 23.7 Å². The number of thiazole rings is 1. The number of nitrogens with zero attached hydrogens (tertiary/aromatic N) is 1. The van der Waals surface area contributed by atoms with Crippen LogP contribution in [0.4, 0.5) is 0 Å². The van der Waals surface area contributed by atoms with E-state index in [2.05, 4.69) is 36.1 Å². The summed E-state index contributed by atoms with van der Waals surface area (Å²) in [6.45, 7) is 0. The molecule has 0 radical (unpaired) electrons. The Labute approximate surface area is 117 Å². The van der Waals surface area contributed by atoms with Gasteiger partial charge in [0.2, 0.25) is 0 Å². The minimum atomic E-state index is 0. The van der Waals surface area contributed by atoms with Gasteiger partial charge in [-0.05, 0) is 19.7 Å². The third kappa shape index (κ3) is 3.70. The molecule has 1 unspecified atom stereocenters. The Balaban J connectivity index is 0.00000162. The Hall–Kier alpha value is -1.10. The van der Waals surface area contributed by atoms with Crippen LogP contribution in [0.25, 0.3) is 0 Å². The summed E-state index contributed by atoms with van der Waals surface area (Å²) in [7, 11) is 4.12. The van der Waals surface area contributed by atoms with Crippen LogP contribution in [0.5, 0.6) is 0 Å². The highest BCUT2D eigenvalue weighted by molar-refractivity contribution is 7.07. The lowest BCUT2D eigenvalue weighted by Crippen LogP contribution is -2.22. The minimum Gasteiger partial charge on any atom is -0.317 e. The topological polar surface area (TPSA) is 36.1 Å². The standard InChI is InChI=1S/C13H16N2OS.ClH/c1-15(2)12(10-6-4-3-5-7-10)8-11-9-17-13(16)14-11;/h3-7,9,12H,8H2,1-2H3,(H,14,16);1H. The maximum Gasteiger partial charge on any atom is 0.304 e. The van der Waals surface area contributed by atoms with E-state index >= 15 is 0 Å². The zero-order valence-corrected chi connectivity index (χ0v) is 12.1. The Kier molecular flexibility index (Phi) is 5.59. The van der Waals surface area contributed by atoms with Crippen LogP contribution in [0.3, 0.4) is 0 Å². The third-order valence-corrected chi connectivity index (χ3v) is 3.51. The van der Waals surface area contributed by atoms with Crippen molar-refractivity contribution in [1.82, 2.24) is 9.88 Å². The molecule has 1 N–H and O–H groups in total. The molecule has 1 atom stereocenters. The number of aromatic nitrogens is 1. The van der Waals surface area contributed by atoms with Crippen LogP contribution in [-0.2, 0) is 6.42 Å². The Morgan fingerprint density at radius 2 is 1.94 bits per heavy atom. The lowest BCUT2D eigenvalue weighted by atomic mass is 10.0. The maximum absolute atomic E-state index is 11.1. The third-order valence-electron chi connectivity index (χ3n) is 2.79. The number of likely N-dealkylation sites (N-methyl/N-ethyl adjacent to an activating group) is 1. The number of aromatic amines is 1. The van der Waals surface area contributed by atoms with Gasteiger partial charge in [-0.2, -0.15) is 0 Å². The molecule has 98 valence electrons. The second-order valence-electron chi connectivity index (χ2n) is 4.27. The molecule has 0 spiro atoms. The summed E-state index contributed by atoms with van der Waals surface area (Å²) in [5, 5.41) is 1.90. The van der Waals surface area contributed by atoms with Gasteiger partial charge in [0.05, 0.1) is 0 Å². The molecule has 0 amide bonds. The number of halogens is 1. The van der Waals surface area contributed by atoms with Crippen molar-refractivity contribution in [1.29, 1.82) is 0 Å².